The molecule has 8 heteroatoms. The van der Waals surface area contributed by atoms with Crippen LogP contribution in [0.15, 0.2) is 36.9 Å². The third-order valence-electron chi connectivity index (χ3n) is 5.17. The number of hydrogen-bond donors (Lipinski definition) is 1. The van der Waals surface area contributed by atoms with E-state index in [1.165, 1.54) is 24.1 Å². The van der Waals surface area contributed by atoms with E-state index in [-0.39, 0.29) is 47.1 Å². The molecule has 0 unspecified atom stereocenters. The Hall–Kier alpha value is -1.12. The third-order valence-corrected chi connectivity index (χ3v) is 6.24. The Morgan fingerprint density at radius 3 is 2.87 bits per heavy atom. The zero-order valence-electron chi connectivity index (χ0n) is 20.4. The van der Waals surface area contributed by atoms with Crippen LogP contribution in [-0.4, -0.2) is 91.5 Å². The number of anilines is 1. The van der Waals surface area contributed by atoms with Crippen LogP contribution in [0.3, 0.4) is 0 Å². The topological polar surface area (TPSA) is 65.9 Å². The number of aromatic nitrogens is 1. The van der Waals surface area contributed by atoms with Crippen molar-refractivity contribution >= 4 is 60.2 Å². The number of piperidine rings is 1. The number of carboxylic acid groups (broad SMARTS) is 1. The van der Waals surface area contributed by atoms with Gasteiger partial charge in [-0.1, -0.05) is 18.2 Å². The van der Waals surface area contributed by atoms with E-state index in [1.54, 1.807) is 17.4 Å². The van der Waals surface area contributed by atoms with E-state index >= 15 is 0 Å². The van der Waals surface area contributed by atoms with Gasteiger partial charge in [-0.3, -0.25) is 9.69 Å². The Morgan fingerprint density at radius 1 is 1.39 bits per heavy atom. The van der Waals surface area contributed by atoms with Gasteiger partial charge in [-0.15, -0.1) is 17.9 Å². The van der Waals surface area contributed by atoms with Gasteiger partial charge in [0.25, 0.3) is 0 Å². The van der Waals surface area contributed by atoms with E-state index in [1.807, 2.05) is 29.2 Å². The summed E-state index contributed by atoms with van der Waals surface area (Å²) in [6.45, 7) is 9.69. The van der Waals surface area contributed by atoms with E-state index in [0.717, 1.165) is 41.6 Å². The summed E-state index contributed by atoms with van der Waals surface area (Å²) in [7, 11) is 0. The van der Waals surface area contributed by atoms with Crippen LogP contribution in [-0.2, 0) is 17.8 Å². The van der Waals surface area contributed by atoms with Crippen molar-refractivity contribution in [1.82, 2.24) is 9.88 Å². The molecule has 0 amide bonds. The zero-order valence-corrected chi connectivity index (χ0v) is 21.4. The summed E-state index contributed by atoms with van der Waals surface area (Å²) in [5, 5.41) is 10.2. The van der Waals surface area contributed by atoms with E-state index < -0.39 is 5.97 Å². The van der Waals surface area contributed by atoms with Gasteiger partial charge in [0.05, 0.1) is 18.8 Å². The van der Waals surface area contributed by atoms with Crippen LogP contribution in [0.1, 0.15) is 38.3 Å². The molecule has 0 atom stereocenters. The predicted molar refractivity (Wildman–Crippen MR) is 130 cm³/mol. The maximum absolute atomic E-state index is 11.0. The summed E-state index contributed by atoms with van der Waals surface area (Å²) in [5.41, 5.74) is 2.14. The van der Waals surface area contributed by atoms with Gasteiger partial charge in [-0.25, -0.2) is 4.98 Å². The molecule has 2 aromatic rings. The summed E-state index contributed by atoms with van der Waals surface area (Å²) in [6.07, 6.45) is 6.33. The first-order valence-corrected chi connectivity index (χ1v) is 11.3. The minimum absolute atomic E-state index is 0. The molecule has 1 aromatic carbocycles. The van der Waals surface area contributed by atoms with E-state index in [4.69, 9.17) is 14.8 Å². The predicted octanol–water partition coefficient (Wildman–Crippen LogP) is 3.98. The van der Waals surface area contributed by atoms with E-state index in [0.29, 0.717) is 19.7 Å². The van der Waals surface area contributed by atoms with Crippen molar-refractivity contribution < 1.29 is 17.5 Å². The van der Waals surface area contributed by atoms with Crippen molar-refractivity contribution in [2.45, 2.75) is 39.2 Å². The molecule has 0 spiro atoms. The zero-order chi connectivity index (χ0) is 21.3. The van der Waals surface area contributed by atoms with Gasteiger partial charge < -0.3 is 17.6 Å². The number of ether oxygens (including phenoxy) is 1. The van der Waals surface area contributed by atoms with Crippen molar-refractivity contribution in [2.24, 2.45) is 0 Å². The molecule has 3 rings (SSSR count). The fraction of sp³-hybridized carbons (Fsp3) is 0.478. The fourth-order valence-electron chi connectivity index (χ4n) is 3.68. The van der Waals surface area contributed by atoms with Gasteiger partial charge >= 0.3 is 43.7 Å². The average Bonchev–Trinajstić information content (AvgIpc) is 3.09. The molecule has 6 nitrogen and oxygen atoms in total. The molecule has 1 aliphatic heterocycles. The number of thiazole rings is 1. The first kappa shape index (κ1) is 26.1. The Morgan fingerprint density at radius 2 is 2.16 bits per heavy atom. The molecule has 0 bridgehead atoms. The van der Waals surface area contributed by atoms with Crippen molar-refractivity contribution in [3.05, 3.63) is 53.1 Å². The number of benzene rings is 1. The monoisotopic (exact) mass is 471 g/mol. The molecule has 166 valence electrons. The van der Waals surface area contributed by atoms with Crippen molar-refractivity contribution in [1.29, 1.82) is 0 Å². The van der Waals surface area contributed by atoms with Crippen molar-refractivity contribution in [3.8, 4) is 5.75 Å². The average molecular weight is 472 g/mol. The number of hydrogen-bond acceptors (Lipinski definition) is 6. The Kier molecular flexibility index (Phi) is 11.3. The molecule has 0 aliphatic carbocycles. The number of carboxylic acids is 1. The number of rotatable bonds is 11. The SMILES string of the molecule is C=CCN(CC(=O)O)Cc1cccc(OCCc2nc(N3CCCCC3)sc2C)c1.[Ca+2].[H-].[H-]. The number of nitrogens with zero attached hydrogens (tertiary/aromatic N) is 3. The summed E-state index contributed by atoms with van der Waals surface area (Å²) < 4.78 is 5.98. The Balaban J connectivity index is 0.00000341. The Labute approximate surface area is 221 Å². The van der Waals surface area contributed by atoms with Crippen LogP contribution < -0.4 is 9.64 Å². The molecule has 1 N–H and O–H groups in total. The third kappa shape index (κ3) is 8.39. The van der Waals surface area contributed by atoms with Gasteiger partial charge in [-0.2, -0.15) is 0 Å². The van der Waals surface area contributed by atoms with E-state index in [9.17, 15) is 4.79 Å². The minimum atomic E-state index is -0.841. The number of aryl methyl sites for hydroxylation is 1. The first-order chi connectivity index (χ1) is 14.5. The van der Waals surface area contributed by atoms with Gasteiger partial charge in [0, 0.05) is 37.5 Å². The number of carbonyl (C=O) groups is 1. The van der Waals surface area contributed by atoms with Crippen molar-refractivity contribution in [2.75, 3.05) is 37.7 Å². The fourth-order valence-corrected chi connectivity index (χ4v) is 4.69. The first-order valence-electron chi connectivity index (χ1n) is 10.5. The standard InChI is InChI=1S/C23H31N3O3S.Ca.2H/c1-3-11-25(17-22(27)28)16-19-8-7-9-20(15-19)29-14-10-21-18(2)30-23(24-21)26-12-5-4-6-13-26;;;/h3,7-9,15H,1,4-6,10-14,16-17H2,2H3,(H,27,28);;;/q;+2;2*-1. The molecule has 1 aromatic heterocycles. The van der Waals surface area contributed by atoms with Crippen LogP contribution in [0.4, 0.5) is 5.13 Å². The summed E-state index contributed by atoms with van der Waals surface area (Å²) in [4.78, 5) is 21.4. The molecular weight excluding hydrogens is 438 g/mol. The second kappa shape index (κ2) is 13.4. The van der Waals surface area contributed by atoms with Crippen LogP contribution in [0.5, 0.6) is 5.75 Å². The molecule has 31 heavy (non-hydrogen) atoms. The van der Waals surface area contributed by atoms with Crippen molar-refractivity contribution in [3.63, 3.8) is 0 Å². The molecule has 1 saturated heterocycles. The minimum Gasteiger partial charge on any atom is -1.00 e. The molecular formula is C23H33CaN3O3S. The van der Waals surface area contributed by atoms with Crippen LogP contribution in [0.25, 0.3) is 0 Å². The maximum Gasteiger partial charge on any atom is 2.00 e. The molecule has 1 fully saturated rings. The van der Waals surface area contributed by atoms with Crippen LogP contribution in [0.2, 0.25) is 0 Å². The Bertz CT molecular complexity index is 863. The molecule has 1 aliphatic rings. The second-order valence-corrected chi connectivity index (χ2v) is 8.83. The normalized spacial score (nSPS) is 13.7. The molecule has 0 radical (unpaired) electrons. The molecule has 0 saturated carbocycles. The maximum atomic E-state index is 11.0. The van der Waals surface area contributed by atoms with Gasteiger partial charge in [0.2, 0.25) is 0 Å². The van der Waals surface area contributed by atoms with Gasteiger partial charge in [-0.05, 0) is 43.9 Å². The molecule has 2 heterocycles. The summed E-state index contributed by atoms with van der Waals surface area (Å²) in [6, 6.07) is 7.84. The van der Waals surface area contributed by atoms with Gasteiger partial charge in [0.15, 0.2) is 5.13 Å². The summed E-state index contributed by atoms with van der Waals surface area (Å²) >= 11 is 1.78. The largest absolute Gasteiger partial charge is 2.00 e. The van der Waals surface area contributed by atoms with E-state index in [2.05, 4.69) is 18.4 Å². The van der Waals surface area contributed by atoms with Crippen LogP contribution >= 0.6 is 11.3 Å². The second-order valence-electron chi connectivity index (χ2n) is 7.64. The summed E-state index contributed by atoms with van der Waals surface area (Å²) in [5.74, 6) is -0.0441. The van der Waals surface area contributed by atoms with Crippen LogP contribution in [0, 0.1) is 6.92 Å². The smallest absolute Gasteiger partial charge is 1.00 e. The quantitative estimate of drug-likeness (QED) is 0.395. The number of aliphatic carboxylic acids is 1. The van der Waals surface area contributed by atoms with Gasteiger partial charge in [0.1, 0.15) is 5.75 Å².